The molecule has 5 nitrogen and oxygen atoms in total. The third-order valence-corrected chi connectivity index (χ3v) is 5.05. The molecule has 6 heteroatoms. The summed E-state index contributed by atoms with van der Waals surface area (Å²) in [7, 11) is 0. The number of carboxylic acids is 1. The van der Waals surface area contributed by atoms with Crippen LogP contribution >= 0.6 is 11.8 Å². The fourth-order valence-corrected chi connectivity index (χ4v) is 3.94. The van der Waals surface area contributed by atoms with Crippen LogP contribution in [0.4, 0.5) is 0 Å². The van der Waals surface area contributed by atoms with Crippen molar-refractivity contribution in [3.8, 4) is 0 Å². The van der Waals surface area contributed by atoms with E-state index in [4.69, 9.17) is 5.11 Å². The summed E-state index contributed by atoms with van der Waals surface area (Å²) >= 11 is 1.74. The van der Waals surface area contributed by atoms with Crippen LogP contribution in [-0.4, -0.2) is 58.6 Å². The molecule has 0 bridgehead atoms. The van der Waals surface area contributed by atoms with Crippen LogP contribution in [0.2, 0.25) is 0 Å². The van der Waals surface area contributed by atoms with E-state index in [9.17, 15) is 9.59 Å². The van der Waals surface area contributed by atoms with Crippen LogP contribution in [0.3, 0.4) is 0 Å². The first-order valence-electron chi connectivity index (χ1n) is 6.93. The van der Waals surface area contributed by atoms with Crippen molar-refractivity contribution in [1.82, 2.24) is 10.2 Å². The summed E-state index contributed by atoms with van der Waals surface area (Å²) in [6.07, 6.45) is 2.23. The second kappa shape index (κ2) is 6.61. The van der Waals surface area contributed by atoms with Gasteiger partial charge in [0.05, 0.1) is 18.5 Å². The number of nitrogens with one attached hydrogen (secondary N) is 1. The van der Waals surface area contributed by atoms with Gasteiger partial charge in [0, 0.05) is 18.1 Å². The van der Waals surface area contributed by atoms with Gasteiger partial charge >= 0.3 is 5.97 Å². The Bertz CT molecular complexity index is 351. The Morgan fingerprint density at radius 1 is 1.47 bits per heavy atom. The number of nitrogens with zero attached hydrogens (tertiary/aromatic N) is 1. The van der Waals surface area contributed by atoms with Gasteiger partial charge in [-0.2, -0.15) is 11.8 Å². The Balaban J connectivity index is 2.03. The van der Waals surface area contributed by atoms with Gasteiger partial charge in [0.25, 0.3) is 0 Å². The minimum absolute atomic E-state index is 0.0554. The molecule has 2 saturated heterocycles. The van der Waals surface area contributed by atoms with E-state index in [1.807, 2.05) is 0 Å². The van der Waals surface area contributed by atoms with Crippen molar-refractivity contribution >= 4 is 23.6 Å². The van der Waals surface area contributed by atoms with E-state index in [2.05, 4.69) is 12.2 Å². The van der Waals surface area contributed by atoms with Gasteiger partial charge in [-0.3, -0.25) is 9.59 Å². The van der Waals surface area contributed by atoms with Crippen molar-refractivity contribution in [1.29, 1.82) is 0 Å². The maximum atomic E-state index is 12.6. The average molecular weight is 286 g/mol. The zero-order chi connectivity index (χ0) is 13.8. The fourth-order valence-electron chi connectivity index (χ4n) is 2.87. The van der Waals surface area contributed by atoms with Crippen LogP contribution in [0.25, 0.3) is 0 Å². The molecule has 2 aliphatic heterocycles. The normalized spacial score (nSPS) is 32.1. The third kappa shape index (κ3) is 3.63. The quantitative estimate of drug-likeness (QED) is 0.803. The lowest BCUT2D eigenvalue weighted by Gasteiger charge is -2.39. The number of thioether (sulfide) groups is 1. The van der Waals surface area contributed by atoms with E-state index < -0.39 is 5.97 Å². The molecular formula is C13H22N2O3S. The highest BCUT2D eigenvalue weighted by Crippen LogP contribution is 2.23. The van der Waals surface area contributed by atoms with Crippen molar-refractivity contribution in [3.63, 3.8) is 0 Å². The molecule has 0 aromatic heterocycles. The zero-order valence-corrected chi connectivity index (χ0v) is 12.1. The number of rotatable bonds is 3. The third-order valence-electron chi connectivity index (χ3n) is 3.96. The Morgan fingerprint density at radius 3 is 2.95 bits per heavy atom. The molecule has 2 rings (SSSR count). The molecule has 0 saturated carbocycles. The number of amides is 1. The minimum atomic E-state index is -0.824. The number of piperidine rings is 1. The molecule has 3 unspecified atom stereocenters. The van der Waals surface area contributed by atoms with Gasteiger partial charge in [0.2, 0.25) is 5.91 Å². The van der Waals surface area contributed by atoms with E-state index in [-0.39, 0.29) is 24.4 Å². The Hall–Kier alpha value is -0.750. The molecule has 0 spiro atoms. The van der Waals surface area contributed by atoms with Gasteiger partial charge in [0.15, 0.2) is 0 Å². The predicted octanol–water partition coefficient (Wildman–Crippen LogP) is 0.793. The monoisotopic (exact) mass is 286 g/mol. The van der Waals surface area contributed by atoms with Crippen LogP contribution in [0.1, 0.15) is 26.2 Å². The molecule has 0 aromatic rings. The summed E-state index contributed by atoms with van der Waals surface area (Å²) in [5, 5.41) is 12.3. The van der Waals surface area contributed by atoms with Gasteiger partial charge in [0.1, 0.15) is 0 Å². The lowest BCUT2D eigenvalue weighted by atomic mass is 9.91. The molecule has 19 heavy (non-hydrogen) atoms. The molecule has 1 amide bonds. The van der Waals surface area contributed by atoms with Crippen molar-refractivity contribution < 1.29 is 14.7 Å². The first-order valence-corrected chi connectivity index (χ1v) is 8.08. The van der Waals surface area contributed by atoms with Crippen molar-refractivity contribution in [3.05, 3.63) is 0 Å². The largest absolute Gasteiger partial charge is 0.481 e. The first-order chi connectivity index (χ1) is 9.09. The molecular weight excluding hydrogens is 264 g/mol. The highest BCUT2D eigenvalue weighted by atomic mass is 32.2. The lowest BCUT2D eigenvalue weighted by Crippen LogP contribution is -2.57. The summed E-state index contributed by atoms with van der Waals surface area (Å²) < 4.78 is 0. The number of carbonyl (C=O) groups is 2. The molecule has 2 fully saturated rings. The maximum absolute atomic E-state index is 12.6. The first kappa shape index (κ1) is 14.7. The van der Waals surface area contributed by atoms with E-state index in [0.29, 0.717) is 12.5 Å². The molecule has 2 aliphatic rings. The second-order valence-corrected chi connectivity index (χ2v) is 6.56. The van der Waals surface area contributed by atoms with Crippen molar-refractivity contribution in [2.24, 2.45) is 5.92 Å². The Morgan fingerprint density at radius 2 is 2.26 bits per heavy atom. The van der Waals surface area contributed by atoms with Crippen molar-refractivity contribution in [2.75, 3.05) is 24.6 Å². The molecule has 2 heterocycles. The molecule has 108 valence electrons. The van der Waals surface area contributed by atoms with Crippen LogP contribution in [0.5, 0.6) is 0 Å². The highest BCUT2D eigenvalue weighted by molar-refractivity contribution is 7.99. The van der Waals surface area contributed by atoms with Gasteiger partial charge in [-0.1, -0.05) is 6.92 Å². The van der Waals surface area contributed by atoms with Crippen LogP contribution in [0.15, 0.2) is 0 Å². The minimum Gasteiger partial charge on any atom is -0.481 e. The average Bonchev–Trinajstić information content (AvgIpc) is 2.38. The Kier molecular flexibility index (Phi) is 5.10. The number of aliphatic carboxylic acids is 1. The standard InChI is InChI=1S/C13H22N2O3S/c1-9-3-2-4-14-12(9)13(18)15-5-6-19-8-10(15)7-11(16)17/h9-10,12,14H,2-8H2,1H3,(H,16,17). The second-order valence-electron chi connectivity index (χ2n) is 5.41. The number of carboxylic acid groups (broad SMARTS) is 1. The van der Waals surface area contributed by atoms with Crippen molar-refractivity contribution in [2.45, 2.75) is 38.3 Å². The molecule has 0 radical (unpaired) electrons. The molecule has 0 aliphatic carbocycles. The molecule has 0 aromatic carbocycles. The summed E-state index contributed by atoms with van der Waals surface area (Å²) in [5.74, 6) is 1.25. The van der Waals surface area contributed by atoms with E-state index in [1.54, 1.807) is 16.7 Å². The number of carbonyl (C=O) groups excluding carboxylic acids is 1. The SMILES string of the molecule is CC1CCCNC1C(=O)N1CCSCC1CC(=O)O. The Labute approximate surface area is 118 Å². The summed E-state index contributed by atoms with van der Waals surface area (Å²) in [6.45, 7) is 3.65. The van der Waals surface area contributed by atoms with Crippen LogP contribution in [-0.2, 0) is 9.59 Å². The fraction of sp³-hybridized carbons (Fsp3) is 0.846. The van der Waals surface area contributed by atoms with Gasteiger partial charge in [-0.15, -0.1) is 0 Å². The number of hydrogen-bond donors (Lipinski definition) is 2. The van der Waals surface area contributed by atoms with Gasteiger partial charge in [-0.05, 0) is 25.3 Å². The summed E-state index contributed by atoms with van der Waals surface area (Å²) in [5.41, 5.74) is 0. The van der Waals surface area contributed by atoms with E-state index in [0.717, 1.165) is 30.9 Å². The molecule has 2 N–H and O–H groups in total. The zero-order valence-electron chi connectivity index (χ0n) is 11.3. The molecule has 3 atom stereocenters. The van der Waals surface area contributed by atoms with Crippen LogP contribution < -0.4 is 5.32 Å². The van der Waals surface area contributed by atoms with E-state index >= 15 is 0 Å². The smallest absolute Gasteiger partial charge is 0.305 e. The van der Waals surface area contributed by atoms with Gasteiger partial charge < -0.3 is 15.3 Å². The maximum Gasteiger partial charge on any atom is 0.305 e. The van der Waals surface area contributed by atoms with E-state index in [1.165, 1.54) is 0 Å². The predicted molar refractivity (Wildman–Crippen MR) is 75.3 cm³/mol. The summed E-state index contributed by atoms with van der Waals surface area (Å²) in [6, 6.07) is -0.284. The topological polar surface area (TPSA) is 69.6 Å². The van der Waals surface area contributed by atoms with Crippen LogP contribution in [0, 0.1) is 5.92 Å². The van der Waals surface area contributed by atoms with Gasteiger partial charge in [-0.25, -0.2) is 0 Å². The highest BCUT2D eigenvalue weighted by Gasteiger charge is 2.36. The summed E-state index contributed by atoms with van der Waals surface area (Å²) in [4.78, 5) is 25.3. The number of hydrogen-bond acceptors (Lipinski definition) is 4. The lowest BCUT2D eigenvalue weighted by molar-refractivity contribution is -0.142.